The van der Waals surface area contributed by atoms with Gasteiger partial charge >= 0.3 is 18.2 Å². The van der Waals surface area contributed by atoms with Gasteiger partial charge in [-0.1, -0.05) is 12.1 Å². The van der Waals surface area contributed by atoms with E-state index in [9.17, 15) is 31.2 Å². The number of methoxy groups -OCH3 is 1. The van der Waals surface area contributed by atoms with Gasteiger partial charge in [0.05, 0.1) is 12.7 Å². The van der Waals surface area contributed by atoms with Gasteiger partial charge in [0.2, 0.25) is 11.8 Å². The molecule has 10 nitrogen and oxygen atoms in total. The minimum Gasteiger partial charge on any atom is -0.481 e. The van der Waals surface area contributed by atoms with Crippen molar-refractivity contribution in [3.05, 3.63) is 41.6 Å². The normalized spacial score (nSPS) is 11.6. The van der Waals surface area contributed by atoms with Crippen molar-refractivity contribution >= 4 is 28.0 Å². The van der Waals surface area contributed by atoms with Gasteiger partial charge < -0.3 is 9.84 Å². The number of carboxylic acids is 1. The van der Waals surface area contributed by atoms with E-state index in [2.05, 4.69) is 14.7 Å². The molecule has 0 unspecified atom stereocenters. The molecule has 0 aliphatic carbocycles. The summed E-state index contributed by atoms with van der Waals surface area (Å²) in [6, 6.07) is 3.38. The highest BCUT2D eigenvalue weighted by molar-refractivity contribution is 7.90. The zero-order chi connectivity index (χ0) is 21.1. The van der Waals surface area contributed by atoms with Gasteiger partial charge in [-0.3, -0.25) is 5.32 Å². The van der Waals surface area contributed by atoms with E-state index < -0.39 is 56.2 Å². The second-order valence-corrected chi connectivity index (χ2v) is 6.63. The number of aromatic carboxylic acids is 1. The van der Waals surface area contributed by atoms with E-state index in [4.69, 9.17) is 5.11 Å². The molecule has 0 spiro atoms. The SMILES string of the molecule is COc1cc(C(F)(F)F)nc(NC(=O)NS(=O)(=O)c2ccccc2C(=O)O)n1. The first-order valence-electron chi connectivity index (χ1n) is 7.10. The molecule has 0 fully saturated rings. The number of hydrogen-bond donors (Lipinski definition) is 3. The molecule has 2 rings (SSSR count). The molecule has 14 heteroatoms. The van der Waals surface area contributed by atoms with Gasteiger partial charge in [0, 0.05) is 6.07 Å². The van der Waals surface area contributed by atoms with Crippen LogP contribution in [0, 0.1) is 0 Å². The van der Waals surface area contributed by atoms with E-state index in [1.54, 1.807) is 5.32 Å². The van der Waals surface area contributed by atoms with Crippen molar-refractivity contribution in [2.24, 2.45) is 0 Å². The zero-order valence-corrected chi connectivity index (χ0v) is 14.6. The summed E-state index contributed by atoms with van der Waals surface area (Å²) in [5, 5.41) is 10.8. The number of urea groups is 1. The van der Waals surface area contributed by atoms with Crippen molar-refractivity contribution in [1.82, 2.24) is 14.7 Å². The molecular weight excluding hydrogens is 409 g/mol. The molecule has 2 amide bonds. The summed E-state index contributed by atoms with van der Waals surface area (Å²) >= 11 is 0. The van der Waals surface area contributed by atoms with Crippen LogP contribution in [0.15, 0.2) is 35.2 Å². The van der Waals surface area contributed by atoms with Gasteiger partial charge in [0.15, 0.2) is 5.69 Å². The van der Waals surface area contributed by atoms with Crippen LogP contribution < -0.4 is 14.8 Å². The van der Waals surface area contributed by atoms with E-state index in [1.807, 2.05) is 0 Å². The third-order valence-corrected chi connectivity index (χ3v) is 4.45. The molecule has 3 N–H and O–H groups in total. The standard InChI is InChI=1S/C14H11F3N4O6S/c1-27-10-6-9(14(15,16)17)18-12(19-10)20-13(24)21-28(25,26)8-5-3-2-4-7(8)11(22)23/h2-6H,1H3,(H,22,23)(H2,18,19,20,21,24). The summed E-state index contributed by atoms with van der Waals surface area (Å²) in [6.07, 6.45) is -4.88. The number of hydrogen-bond acceptors (Lipinski definition) is 7. The summed E-state index contributed by atoms with van der Waals surface area (Å²) in [7, 11) is -3.63. The van der Waals surface area contributed by atoms with Crippen molar-refractivity contribution < 1.29 is 41.0 Å². The number of amides is 2. The van der Waals surface area contributed by atoms with Crippen LogP contribution in [0.5, 0.6) is 5.88 Å². The molecule has 0 aliphatic heterocycles. The van der Waals surface area contributed by atoms with Gasteiger partial charge in [-0.2, -0.15) is 18.2 Å². The molecule has 0 bridgehead atoms. The van der Waals surface area contributed by atoms with Gasteiger partial charge in [0.25, 0.3) is 10.0 Å². The van der Waals surface area contributed by atoms with Crippen LogP contribution in [0.2, 0.25) is 0 Å². The highest BCUT2D eigenvalue weighted by Crippen LogP contribution is 2.30. The lowest BCUT2D eigenvalue weighted by molar-refractivity contribution is -0.141. The Bertz CT molecular complexity index is 1030. The minimum atomic E-state index is -4.88. The summed E-state index contributed by atoms with van der Waals surface area (Å²) in [5.41, 5.74) is -2.05. The van der Waals surface area contributed by atoms with E-state index in [-0.39, 0.29) is 0 Å². The zero-order valence-electron chi connectivity index (χ0n) is 13.8. The number of carboxylic acid groups (broad SMARTS) is 1. The summed E-state index contributed by atoms with van der Waals surface area (Å²) in [5.74, 6) is -2.98. The van der Waals surface area contributed by atoms with Crippen molar-refractivity contribution in [2.75, 3.05) is 12.4 Å². The van der Waals surface area contributed by atoms with E-state index in [1.165, 1.54) is 16.9 Å². The Kier molecular flexibility index (Phi) is 5.72. The van der Waals surface area contributed by atoms with Crippen molar-refractivity contribution in [3.8, 4) is 5.88 Å². The predicted octanol–water partition coefficient (Wildman–Crippen LogP) is 1.71. The lowest BCUT2D eigenvalue weighted by Crippen LogP contribution is -2.35. The van der Waals surface area contributed by atoms with Gasteiger partial charge in [0.1, 0.15) is 4.90 Å². The fraction of sp³-hybridized carbons (Fsp3) is 0.143. The van der Waals surface area contributed by atoms with Gasteiger partial charge in [-0.05, 0) is 12.1 Å². The fourth-order valence-corrected chi connectivity index (χ4v) is 3.02. The Morgan fingerprint density at radius 3 is 2.39 bits per heavy atom. The third kappa shape index (κ3) is 4.85. The van der Waals surface area contributed by atoms with E-state index in [0.29, 0.717) is 6.07 Å². The highest BCUT2D eigenvalue weighted by Gasteiger charge is 2.34. The first-order valence-corrected chi connectivity index (χ1v) is 8.59. The van der Waals surface area contributed by atoms with Crippen LogP contribution in [-0.2, 0) is 16.2 Å². The monoisotopic (exact) mass is 420 g/mol. The Labute approximate surface area is 155 Å². The average Bonchev–Trinajstić information content (AvgIpc) is 2.60. The first kappa shape index (κ1) is 20.9. The van der Waals surface area contributed by atoms with Crippen LogP contribution in [0.3, 0.4) is 0 Å². The number of alkyl halides is 3. The van der Waals surface area contributed by atoms with Gasteiger partial charge in [-0.15, -0.1) is 0 Å². The van der Waals surface area contributed by atoms with Crippen LogP contribution in [0.25, 0.3) is 0 Å². The fourth-order valence-electron chi connectivity index (χ4n) is 1.91. The second kappa shape index (κ2) is 7.67. The lowest BCUT2D eigenvalue weighted by atomic mass is 10.2. The Morgan fingerprint density at radius 1 is 1.18 bits per heavy atom. The number of aromatic nitrogens is 2. The molecule has 1 aromatic carbocycles. The van der Waals surface area contributed by atoms with Crippen LogP contribution in [0.4, 0.5) is 23.9 Å². The Balaban J connectivity index is 2.28. The number of nitrogens with zero attached hydrogens (tertiary/aromatic N) is 2. The number of carbonyl (C=O) groups is 2. The largest absolute Gasteiger partial charge is 0.481 e. The minimum absolute atomic E-state index is 0.475. The molecular formula is C14H11F3N4O6S. The predicted molar refractivity (Wildman–Crippen MR) is 86.3 cm³/mol. The summed E-state index contributed by atoms with van der Waals surface area (Å²) in [6.45, 7) is 0. The summed E-state index contributed by atoms with van der Waals surface area (Å²) < 4.78 is 68.9. The van der Waals surface area contributed by atoms with Gasteiger partial charge in [-0.25, -0.2) is 27.7 Å². The third-order valence-electron chi connectivity index (χ3n) is 3.06. The number of halogens is 3. The Morgan fingerprint density at radius 2 is 1.82 bits per heavy atom. The molecule has 0 saturated carbocycles. The van der Waals surface area contributed by atoms with Crippen molar-refractivity contribution in [1.29, 1.82) is 0 Å². The molecule has 2 aromatic rings. The lowest BCUT2D eigenvalue weighted by Gasteiger charge is -2.12. The number of sulfonamides is 1. The van der Waals surface area contributed by atoms with E-state index in [0.717, 1.165) is 19.2 Å². The number of anilines is 1. The molecule has 0 aliphatic rings. The first-order chi connectivity index (χ1) is 12.9. The molecule has 150 valence electrons. The van der Waals surface area contributed by atoms with Crippen molar-refractivity contribution in [2.45, 2.75) is 11.1 Å². The molecule has 1 aromatic heterocycles. The topological polar surface area (TPSA) is 148 Å². The quantitative estimate of drug-likeness (QED) is 0.662. The second-order valence-electron chi connectivity index (χ2n) is 4.98. The molecule has 0 saturated heterocycles. The van der Waals surface area contributed by atoms with Crippen molar-refractivity contribution in [3.63, 3.8) is 0 Å². The number of carbonyl (C=O) groups excluding carboxylic acids is 1. The highest BCUT2D eigenvalue weighted by atomic mass is 32.2. The van der Waals surface area contributed by atoms with E-state index >= 15 is 0 Å². The molecule has 0 radical (unpaired) electrons. The average molecular weight is 420 g/mol. The maximum atomic E-state index is 12.8. The number of nitrogens with one attached hydrogen (secondary N) is 2. The number of rotatable bonds is 5. The smallest absolute Gasteiger partial charge is 0.433 e. The van der Waals surface area contributed by atoms with Crippen LogP contribution >= 0.6 is 0 Å². The summed E-state index contributed by atoms with van der Waals surface area (Å²) in [4.78, 5) is 28.8. The molecule has 1 heterocycles. The number of benzene rings is 1. The van der Waals surface area contributed by atoms with Crippen LogP contribution in [-0.4, -0.2) is 42.6 Å². The molecule has 0 atom stereocenters. The Hall–Kier alpha value is -3.42. The number of ether oxygens (including phenoxy) is 1. The maximum absolute atomic E-state index is 12.8. The molecule has 28 heavy (non-hydrogen) atoms. The van der Waals surface area contributed by atoms with Crippen LogP contribution in [0.1, 0.15) is 16.1 Å². The maximum Gasteiger partial charge on any atom is 0.433 e.